The van der Waals surface area contributed by atoms with E-state index in [1.807, 2.05) is 30.0 Å². The lowest BCUT2D eigenvalue weighted by molar-refractivity contribution is 0.0238. The van der Waals surface area contributed by atoms with Crippen molar-refractivity contribution in [2.45, 2.75) is 43.1 Å². The first-order chi connectivity index (χ1) is 17.0. The van der Waals surface area contributed by atoms with E-state index in [4.69, 9.17) is 16.3 Å². The lowest BCUT2D eigenvalue weighted by Gasteiger charge is -2.41. The van der Waals surface area contributed by atoms with Crippen LogP contribution in [0.5, 0.6) is 5.75 Å². The summed E-state index contributed by atoms with van der Waals surface area (Å²) in [5, 5.41) is 22.7. The largest absolute Gasteiger partial charge is 0.497 e. The van der Waals surface area contributed by atoms with Gasteiger partial charge in [-0.1, -0.05) is 29.8 Å². The van der Waals surface area contributed by atoms with Crippen molar-refractivity contribution in [2.75, 3.05) is 39.1 Å². The highest BCUT2D eigenvalue weighted by Crippen LogP contribution is 2.40. The van der Waals surface area contributed by atoms with E-state index in [-0.39, 0.29) is 12.0 Å². The van der Waals surface area contributed by atoms with Gasteiger partial charge in [0, 0.05) is 28.6 Å². The highest BCUT2D eigenvalue weighted by molar-refractivity contribution is 7.99. The van der Waals surface area contributed by atoms with Crippen LogP contribution >= 0.6 is 23.4 Å². The Balaban J connectivity index is 1.30. The summed E-state index contributed by atoms with van der Waals surface area (Å²) in [7, 11) is 1.62. The normalized spacial score (nSPS) is 16.9. The first kappa shape index (κ1) is 26.2. The van der Waals surface area contributed by atoms with Crippen molar-refractivity contribution in [2.24, 2.45) is 5.41 Å². The Morgan fingerprint density at radius 2 is 1.94 bits per heavy atom. The van der Waals surface area contributed by atoms with Crippen molar-refractivity contribution in [3.63, 3.8) is 0 Å². The fourth-order valence-electron chi connectivity index (χ4n) is 4.95. The molecule has 0 saturated carbocycles. The van der Waals surface area contributed by atoms with Crippen molar-refractivity contribution >= 4 is 34.3 Å². The van der Waals surface area contributed by atoms with E-state index in [9.17, 15) is 10.2 Å². The highest BCUT2D eigenvalue weighted by Gasteiger charge is 2.34. The van der Waals surface area contributed by atoms with Crippen LogP contribution in [0.15, 0.2) is 59.6 Å². The number of pyridine rings is 1. The van der Waals surface area contributed by atoms with Gasteiger partial charge in [-0.15, -0.1) is 11.8 Å². The van der Waals surface area contributed by atoms with Gasteiger partial charge in [-0.05, 0) is 93.2 Å². The standard InChI is InChI=1S/C28H35ClN2O3S/c1-34-21-8-9-25-23(18-21)27(24(29)19-30-25)26(33)10-11-28(20-32)12-15-31(16-13-28)14-5-17-35-22-6-3-2-4-7-22/h2-4,6-9,18-19,26,32-33H,5,10-17,20H2,1H3. The molecule has 0 bridgehead atoms. The summed E-state index contributed by atoms with van der Waals surface area (Å²) in [5.74, 6) is 1.82. The van der Waals surface area contributed by atoms with Gasteiger partial charge in [0.25, 0.3) is 0 Å². The van der Waals surface area contributed by atoms with E-state index in [1.165, 1.54) is 4.90 Å². The Hall–Kier alpha value is -1.83. The minimum absolute atomic E-state index is 0.149. The number of aliphatic hydroxyl groups excluding tert-OH is 2. The molecule has 4 rings (SSSR count). The predicted molar refractivity (Wildman–Crippen MR) is 144 cm³/mol. The van der Waals surface area contributed by atoms with Gasteiger partial charge >= 0.3 is 0 Å². The van der Waals surface area contributed by atoms with Crippen LogP contribution in [-0.2, 0) is 0 Å². The highest BCUT2D eigenvalue weighted by atomic mass is 35.5. The van der Waals surface area contributed by atoms with Crippen molar-refractivity contribution in [3.05, 3.63) is 65.3 Å². The molecule has 5 nitrogen and oxygen atoms in total. The van der Waals surface area contributed by atoms with Crippen LogP contribution in [0.4, 0.5) is 0 Å². The molecule has 0 aliphatic carbocycles. The molecule has 1 aromatic heterocycles. The number of piperidine rings is 1. The third-order valence-corrected chi connectivity index (χ3v) is 8.63. The van der Waals surface area contributed by atoms with Crippen LogP contribution in [0, 0.1) is 5.41 Å². The van der Waals surface area contributed by atoms with Crippen LogP contribution in [0.2, 0.25) is 5.02 Å². The zero-order valence-corrected chi connectivity index (χ0v) is 21.9. The quantitative estimate of drug-likeness (QED) is 0.243. The van der Waals surface area contributed by atoms with Crippen molar-refractivity contribution in [3.8, 4) is 5.75 Å². The summed E-state index contributed by atoms with van der Waals surface area (Å²) in [6, 6.07) is 16.2. The number of thioether (sulfide) groups is 1. The summed E-state index contributed by atoms with van der Waals surface area (Å²) in [6.07, 6.45) is 5.22. The Labute approximate surface area is 217 Å². The maximum Gasteiger partial charge on any atom is 0.119 e. The molecule has 1 unspecified atom stereocenters. The van der Waals surface area contributed by atoms with Crippen molar-refractivity contribution in [1.82, 2.24) is 9.88 Å². The maximum absolute atomic E-state index is 11.1. The van der Waals surface area contributed by atoms with Gasteiger partial charge in [0.1, 0.15) is 5.75 Å². The molecule has 0 radical (unpaired) electrons. The summed E-state index contributed by atoms with van der Waals surface area (Å²) in [5.41, 5.74) is 1.32. The van der Waals surface area contributed by atoms with E-state index >= 15 is 0 Å². The molecule has 1 aliphatic rings. The number of benzene rings is 2. The third-order valence-electron chi connectivity index (χ3n) is 7.23. The molecule has 2 N–H and O–H groups in total. The van der Waals surface area contributed by atoms with Crippen molar-refractivity contribution < 1.29 is 14.9 Å². The molecule has 1 fully saturated rings. The number of aliphatic hydroxyl groups is 2. The second-order valence-electron chi connectivity index (χ2n) is 9.47. The van der Waals surface area contributed by atoms with Gasteiger partial charge in [-0.2, -0.15) is 0 Å². The molecule has 2 aromatic carbocycles. The van der Waals surface area contributed by atoms with Gasteiger partial charge < -0.3 is 19.8 Å². The molecule has 35 heavy (non-hydrogen) atoms. The molecule has 1 saturated heterocycles. The number of likely N-dealkylation sites (tertiary alicyclic amines) is 1. The van der Waals surface area contributed by atoms with E-state index in [0.29, 0.717) is 22.8 Å². The first-order valence-electron chi connectivity index (χ1n) is 12.3. The van der Waals surface area contributed by atoms with Crippen LogP contribution in [-0.4, -0.2) is 59.2 Å². The van der Waals surface area contributed by atoms with Gasteiger partial charge in [-0.3, -0.25) is 4.98 Å². The number of halogens is 1. The van der Waals surface area contributed by atoms with E-state index in [2.05, 4.69) is 40.2 Å². The summed E-state index contributed by atoms with van der Waals surface area (Å²) in [6.45, 7) is 3.21. The average molecular weight is 515 g/mol. The molecule has 0 spiro atoms. The fraction of sp³-hybridized carbons (Fsp3) is 0.464. The molecule has 188 valence electrons. The second kappa shape index (κ2) is 12.4. The van der Waals surface area contributed by atoms with Gasteiger partial charge in [-0.25, -0.2) is 0 Å². The van der Waals surface area contributed by atoms with Gasteiger partial charge in [0.05, 0.1) is 23.8 Å². The molecular formula is C28H35ClN2O3S. The van der Waals surface area contributed by atoms with E-state index < -0.39 is 6.10 Å². The fourth-order valence-corrected chi connectivity index (χ4v) is 6.09. The topological polar surface area (TPSA) is 65.8 Å². The first-order valence-corrected chi connectivity index (χ1v) is 13.7. The molecule has 3 aromatic rings. The monoisotopic (exact) mass is 514 g/mol. The lowest BCUT2D eigenvalue weighted by Crippen LogP contribution is -2.42. The molecule has 7 heteroatoms. The Bertz CT molecular complexity index is 1090. The number of fused-ring (bicyclic) bond motifs is 1. The van der Waals surface area contributed by atoms with Crippen LogP contribution in [0.1, 0.15) is 43.8 Å². The lowest BCUT2D eigenvalue weighted by atomic mass is 9.74. The summed E-state index contributed by atoms with van der Waals surface area (Å²) >= 11 is 8.39. The number of ether oxygens (including phenoxy) is 1. The number of rotatable bonds is 11. The summed E-state index contributed by atoms with van der Waals surface area (Å²) < 4.78 is 5.36. The Morgan fingerprint density at radius 1 is 1.17 bits per heavy atom. The van der Waals surface area contributed by atoms with Crippen molar-refractivity contribution in [1.29, 1.82) is 0 Å². The molecule has 0 amide bonds. The number of methoxy groups -OCH3 is 1. The van der Waals surface area contributed by atoms with E-state index in [0.717, 1.165) is 62.0 Å². The van der Waals surface area contributed by atoms with Gasteiger partial charge in [0.15, 0.2) is 0 Å². The predicted octanol–water partition coefficient (Wildman–Crippen LogP) is 5.97. The zero-order valence-electron chi connectivity index (χ0n) is 20.3. The maximum atomic E-state index is 11.1. The average Bonchev–Trinajstić information content (AvgIpc) is 2.90. The van der Waals surface area contributed by atoms with Gasteiger partial charge in [0.2, 0.25) is 0 Å². The van der Waals surface area contributed by atoms with E-state index in [1.54, 1.807) is 13.3 Å². The minimum Gasteiger partial charge on any atom is -0.497 e. The SMILES string of the molecule is COc1ccc2ncc(Cl)c(C(O)CCC3(CO)CCN(CCCSc4ccccc4)CC3)c2c1. The Kier molecular flexibility index (Phi) is 9.31. The van der Waals surface area contributed by atoms with Crippen LogP contribution in [0.3, 0.4) is 0 Å². The van der Waals surface area contributed by atoms with Crippen LogP contribution < -0.4 is 4.74 Å². The van der Waals surface area contributed by atoms with Crippen LogP contribution in [0.25, 0.3) is 10.9 Å². The molecular weight excluding hydrogens is 480 g/mol. The molecule has 2 heterocycles. The minimum atomic E-state index is -0.725. The number of hydrogen-bond acceptors (Lipinski definition) is 6. The number of nitrogens with zero attached hydrogens (tertiary/aromatic N) is 2. The molecule has 1 atom stereocenters. The zero-order chi connectivity index (χ0) is 24.7. The number of hydrogen-bond donors (Lipinski definition) is 2. The summed E-state index contributed by atoms with van der Waals surface area (Å²) in [4.78, 5) is 8.22. The number of aromatic nitrogens is 1. The smallest absolute Gasteiger partial charge is 0.119 e. The second-order valence-corrected chi connectivity index (χ2v) is 11.0. The Morgan fingerprint density at radius 3 is 2.66 bits per heavy atom. The third kappa shape index (κ3) is 6.69. The molecule has 1 aliphatic heterocycles.